The van der Waals surface area contributed by atoms with E-state index in [0.29, 0.717) is 36.7 Å². The summed E-state index contributed by atoms with van der Waals surface area (Å²) in [6.45, 7) is 5.05. The Morgan fingerprint density at radius 1 is 1.21 bits per heavy atom. The minimum Gasteiger partial charge on any atom is -0.466 e. The fraction of sp³-hybridized carbons (Fsp3) is 0.688. The number of fused-ring (bicyclic) bond motifs is 4. The molecule has 3 aliphatic rings. The van der Waals surface area contributed by atoms with Crippen LogP contribution in [0.2, 0.25) is 0 Å². The van der Waals surface area contributed by atoms with E-state index in [2.05, 4.69) is 0 Å². The summed E-state index contributed by atoms with van der Waals surface area (Å²) in [6.07, 6.45) is 1.79. The highest BCUT2D eigenvalue weighted by Crippen LogP contribution is 2.31. The van der Waals surface area contributed by atoms with Gasteiger partial charge in [-0.3, -0.25) is 4.79 Å². The van der Waals surface area contributed by atoms with E-state index < -0.39 is 10.2 Å². The summed E-state index contributed by atoms with van der Waals surface area (Å²) in [5.74, 6) is 1.46. The first-order chi connectivity index (χ1) is 11.2. The van der Waals surface area contributed by atoms with Gasteiger partial charge >= 0.3 is 0 Å². The average molecular weight is 355 g/mol. The van der Waals surface area contributed by atoms with Gasteiger partial charge in [-0.05, 0) is 38.7 Å². The van der Waals surface area contributed by atoms with Crippen molar-refractivity contribution in [1.29, 1.82) is 0 Å². The number of hydrogen-bond donors (Lipinski definition) is 0. The standard InChI is InChI=1S/C16H25N3O4S/c1-11-7-15(12(2)23-11)16(20)19-9-13-5-6-14(19)10-18(8-13)24(21,22)17(3)4/h7,13-14H,5-6,8-10H2,1-4H3/t13-,14+/m1/s1. The lowest BCUT2D eigenvalue weighted by atomic mass is 9.94. The predicted octanol–water partition coefficient (Wildman–Crippen LogP) is 1.24. The van der Waals surface area contributed by atoms with Gasteiger partial charge in [0.05, 0.1) is 5.56 Å². The molecule has 3 fully saturated rings. The van der Waals surface area contributed by atoms with E-state index in [-0.39, 0.29) is 17.9 Å². The number of hydrogen-bond acceptors (Lipinski definition) is 4. The molecule has 1 aromatic rings. The van der Waals surface area contributed by atoms with Crippen LogP contribution >= 0.6 is 0 Å². The number of carbonyl (C=O) groups is 1. The molecule has 7 nitrogen and oxygen atoms in total. The van der Waals surface area contributed by atoms with E-state index in [4.69, 9.17) is 4.42 Å². The molecule has 8 heteroatoms. The minimum absolute atomic E-state index is 0.0526. The van der Waals surface area contributed by atoms with Gasteiger partial charge in [0.25, 0.3) is 16.1 Å². The zero-order valence-electron chi connectivity index (χ0n) is 14.7. The molecule has 3 aliphatic heterocycles. The minimum atomic E-state index is -3.46. The molecule has 0 spiro atoms. The molecule has 134 valence electrons. The summed E-state index contributed by atoms with van der Waals surface area (Å²) < 4.78 is 33.2. The van der Waals surface area contributed by atoms with E-state index >= 15 is 0 Å². The predicted molar refractivity (Wildman–Crippen MR) is 89.9 cm³/mol. The third kappa shape index (κ3) is 2.98. The number of carbonyl (C=O) groups excluding carboxylic acids is 1. The van der Waals surface area contributed by atoms with Crippen LogP contribution in [0.1, 0.15) is 34.7 Å². The van der Waals surface area contributed by atoms with Crippen LogP contribution in [0.3, 0.4) is 0 Å². The van der Waals surface area contributed by atoms with Crippen LogP contribution in [0.25, 0.3) is 0 Å². The number of aryl methyl sites for hydroxylation is 2. The van der Waals surface area contributed by atoms with Crippen LogP contribution in [0.5, 0.6) is 0 Å². The van der Waals surface area contributed by atoms with E-state index in [1.807, 2.05) is 11.8 Å². The molecule has 0 aromatic carbocycles. The largest absolute Gasteiger partial charge is 0.466 e. The molecule has 4 heterocycles. The van der Waals surface area contributed by atoms with Crippen molar-refractivity contribution in [2.75, 3.05) is 33.7 Å². The molecular weight excluding hydrogens is 330 g/mol. The molecule has 1 amide bonds. The second kappa shape index (κ2) is 6.16. The molecule has 0 radical (unpaired) electrons. The number of piperidine rings is 1. The van der Waals surface area contributed by atoms with Gasteiger partial charge in [-0.25, -0.2) is 0 Å². The first-order valence-corrected chi connectivity index (χ1v) is 9.65. The van der Waals surface area contributed by atoms with Crippen molar-refractivity contribution in [3.63, 3.8) is 0 Å². The van der Waals surface area contributed by atoms with Crippen LogP contribution in [-0.4, -0.2) is 67.6 Å². The Morgan fingerprint density at radius 2 is 1.92 bits per heavy atom. The molecule has 0 N–H and O–H groups in total. The molecule has 0 aliphatic carbocycles. The fourth-order valence-corrected chi connectivity index (χ4v) is 4.93. The summed E-state index contributed by atoms with van der Waals surface area (Å²) >= 11 is 0. The maximum absolute atomic E-state index is 13.0. The Balaban J connectivity index is 1.86. The van der Waals surface area contributed by atoms with Crippen molar-refractivity contribution < 1.29 is 17.6 Å². The zero-order chi connectivity index (χ0) is 17.6. The third-order valence-corrected chi connectivity index (χ3v) is 6.87. The van der Waals surface area contributed by atoms with Crippen molar-refractivity contribution in [3.05, 3.63) is 23.2 Å². The van der Waals surface area contributed by atoms with Crippen LogP contribution < -0.4 is 0 Å². The molecule has 24 heavy (non-hydrogen) atoms. The second-order valence-electron chi connectivity index (χ2n) is 6.99. The normalized spacial score (nSPS) is 25.3. The van der Waals surface area contributed by atoms with Gasteiger partial charge in [0, 0.05) is 39.8 Å². The van der Waals surface area contributed by atoms with E-state index in [1.54, 1.807) is 27.1 Å². The van der Waals surface area contributed by atoms with E-state index in [0.717, 1.165) is 12.8 Å². The molecule has 0 saturated carbocycles. The number of furan rings is 1. The highest BCUT2D eigenvalue weighted by molar-refractivity contribution is 7.86. The molecule has 1 aromatic heterocycles. The number of nitrogens with zero attached hydrogens (tertiary/aromatic N) is 3. The summed E-state index contributed by atoms with van der Waals surface area (Å²) in [7, 11) is -0.368. The lowest BCUT2D eigenvalue weighted by Gasteiger charge is -2.36. The van der Waals surface area contributed by atoms with Crippen molar-refractivity contribution in [3.8, 4) is 0 Å². The van der Waals surface area contributed by atoms with Crippen molar-refractivity contribution >= 4 is 16.1 Å². The van der Waals surface area contributed by atoms with Gasteiger partial charge in [-0.15, -0.1) is 0 Å². The Morgan fingerprint density at radius 3 is 2.50 bits per heavy atom. The Labute approximate surface area is 143 Å². The highest BCUT2D eigenvalue weighted by atomic mass is 32.2. The average Bonchev–Trinajstić information content (AvgIpc) is 2.70. The Hall–Kier alpha value is -1.38. The van der Waals surface area contributed by atoms with Crippen LogP contribution in [-0.2, 0) is 10.2 Å². The van der Waals surface area contributed by atoms with Gasteiger partial charge in [0.1, 0.15) is 11.5 Å². The Bertz CT molecular complexity index is 741. The first-order valence-electron chi connectivity index (χ1n) is 8.25. The van der Waals surface area contributed by atoms with Crippen molar-refractivity contribution in [2.24, 2.45) is 5.92 Å². The maximum Gasteiger partial charge on any atom is 0.281 e. The van der Waals surface area contributed by atoms with Crippen molar-refractivity contribution in [2.45, 2.75) is 32.7 Å². The van der Waals surface area contributed by atoms with Crippen molar-refractivity contribution in [1.82, 2.24) is 13.5 Å². The molecule has 2 bridgehead atoms. The fourth-order valence-electron chi connectivity index (χ4n) is 3.70. The van der Waals surface area contributed by atoms with Gasteiger partial charge in [0.2, 0.25) is 0 Å². The van der Waals surface area contributed by atoms with Gasteiger partial charge in [-0.2, -0.15) is 17.0 Å². The summed E-state index contributed by atoms with van der Waals surface area (Å²) in [4.78, 5) is 14.8. The quantitative estimate of drug-likeness (QED) is 0.818. The van der Waals surface area contributed by atoms with Gasteiger partial charge < -0.3 is 9.32 Å². The van der Waals surface area contributed by atoms with E-state index in [9.17, 15) is 13.2 Å². The van der Waals surface area contributed by atoms with Crippen LogP contribution in [0, 0.1) is 19.8 Å². The monoisotopic (exact) mass is 355 g/mol. The lowest BCUT2D eigenvalue weighted by Crippen LogP contribution is -2.48. The molecule has 4 rings (SSSR count). The van der Waals surface area contributed by atoms with E-state index in [1.165, 1.54) is 8.61 Å². The van der Waals surface area contributed by atoms with Crippen LogP contribution in [0.4, 0.5) is 0 Å². The maximum atomic E-state index is 13.0. The zero-order valence-corrected chi connectivity index (χ0v) is 15.5. The summed E-state index contributed by atoms with van der Waals surface area (Å²) in [5.41, 5.74) is 0.585. The van der Waals surface area contributed by atoms with Gasteiger partial charge in [-0.1, -0.05) is 0 Å². The smallest absolute Gasteiger partial charge is 0.281 e. The number of amides is 1. The third-order valence-electron chi connectivity index (χ3n) is 5.00. The lowest BCUT2D eigenvalue weighted by molar-refractivity contribution is 0.0587. The highest BCUT2D eigenvalue weighted by Gasteiger charge is 2.42. The number of rotatable bonds is 3. The SMILES string of the molecule is Cc1cc(C(=O)N2C[C@@H]3CC[C@H]2CN(S(=O)(=O)N(C)C)C3)c(C)o1. The molecule has 3 saturated heterocycles. The molecule has 2 atom stereocenters. The summed E-state index contributed by atoms with van der Waals surface area (Å²) in [5, 5.41) is 0. The first kappa shape index (κ1) is 17.4. The topological polar surface area (TPSA) is 74.1 Å². The molecule has 0 unspecified atom stereocenters. The van der Waals surface area contributed by atoms with Crippen LogP contribution in [0.15, 0.2) is 10.5 Å². The Kier molecular flexibility index (Phi) is 4.48. The summed E-state index contributed by atoms with van der Waals surface area (Å²) in [6, 6.07) is 1.69. The van der Waals surface area contributed by atoms with Gasteiger partial charge in [0.15, 0.2) is 0 Å². The second-order valence-corrected chi connectivity index (χ2v) is 9.13. The molecular formula is C16H25N3O4S.